The molecule has 5 nitrogen and oxygen atoms in total. The van der Waals surface area contributed by atoms with E-state index in [1.54, 1.807) is 0 Å². The van der Waals surface area contributed by atoms with Gasteiger partial charge in [-0.25, -0.2) is 9.67 Å². The molecule has 0 N–H and O–H groups in total. The third kappa shape index (κ3) is 7.40. The maximum absolute atomic E-state index is 6.85. The van der Waals surface area contributed by atoms with Crippen LogP contribution in [0.3, 0.4) is 0 Å². The second-order valence-electron chi connectivity index (χ2n) is 16.1. The van der Waals surface area contributed by atoms with Crippen molar-refractivity contribution in [3.05, 3.63) is 131 Å². The first kappa shape index (κ1) is 36.2. The maximum atomic E-state index is 6.85. The Labute approximate surface area is 315 Å². The lowest BCUT2D eigenvalue weighted by Crippen LogP contribution is -2.06. The highest BCUT2D eigenvalue weighted by atomic mass is 16.5. The molecule has 0 unspecified atom stereocenters. The molecule has 3 aromatic heterocycles. The van der Waals surface area contributed by atoms with Crippen molar-refractivity contribution in [1.82, 2.24) is 19.3 Å². The van der Waals surface area contributed by atoms with E-state index in [2.05, 4.69) is 156 Å². The highest BCUT2D eigenvalue weighted by molar-refractivity contribution is 6.09. The number of ether oxygens (including phenoxy) is 1. The van der Waals surface area contributed by atoms with Crippen molar-refractivity contribution in [3.8, 4) is 34.1 Å². The van der Waals surface area contributed by atoms with Gasteiger partial charge in [0, 0.05) is 34.7 Å². The highest BCUT2D eigenvalue weighted by Crippen LogP contribution is 2.39. The van der Waals surface area contributed by atoms with Crippen LogP contribution in [-0.2, 0) is 12.8 Å². The van der Waals surface area contributed by atoms with Crippen LogP contribution in [0.25, 0.3) is 44.4 Å². The molecule has 0 saturated heterocycles. The minimum Gasteiger partial charge on any atom is -0.457 e. The van der Waals surface area contributed by atoms with E-state index < -0.39 is 0 Å². The molecule has 0 aliphatic heterocycles. The zero-order valence-corrected chi connectivity index (χ0v) is 33.0. The topological polar surface area (TPSA) is 44.9 Å². The molecule has 3 heterocycles. The van der Waals surface area contributed by atoms with Gasteiger partial charge in [0.15, 0.2) is 0 Å². The smallest absolute Gasteiger partial charge is 0.137 e. The summed E-state index contributed by atoms with van der Waals surface area (Å²) in [5.41, 5.74) is 13.4. The van der Waals surface area contributed by atoms with E-state index in [0.717, 1.165) is 59.7 Å². The summed E-state index contributed by atoms with van der Waals surface area (Å²) in [6.07, 6.45) is 5.96. The van der Waals surface area contributed by atoms with Gasteiger partial charge >= 0.3 is 0 Å². The second-order valence-corrected chi connectivity index (χ2v) is 16.1. The van der Waals surface area contributed by atoms with E-state index in [1.165, 1.54) is 55.5 Å². The van der Waals surface area contributed by atoms with Crippen LogP contribution < -0.4 is 4.74 Å². The van der Waals surface area contributed by atoms with Gasteiger partial charge in [-0.1, -0.05) is 77.9 Å². The van der Waals surface area contributed by atoms with Crippen LogP contribution in [0, 0.1) is 32.6 Å². The Morgan fingerprint density at radius 1 is 0.642 bits per heavy atom. The van der Waals surface area contributed by atoms with Gasteiger partial charge < -0.3 is 4.74 Å². The Kier molecular flexibility index (Phi) is 10.3. The molecule has 0 radical (unpaired) electrons. The number of fused-ring (bicyclic) bond motifs is 3. The standard InChI is InChI=1S/C48H54N4O/c1-30(2)17-21-42-48(47-34(8)13-12-14-35(47)9)44(22-18-31(3)4)52(50-42)37-26-36(32(5)6)27-39(28-37)53-38-19-20-41-40-15-10-11-16-43(40)51(45(41)29-38)46-25-33(7)23-24-49-46/h10-16,19-20,23-32H,17-18,21-22H2,1-9H3. The predicted molar refractivity (Wildman–Crippen MR) is 222 cm³/mol. The van der Waals surface area contributed by atoms with E-state index in [4.69, 9.17) is 14.8 Å². The Hall–Kier alpha value is -5.16. The molecular weight excluding hydrogens is 649 g/mol. The largest absolute Gasteiger partial charge is 0.457 e. The molecule has 0 saturated carbocycles. The summed E-state index contributed by atoms with van der Waals surface area (Å²) >= 11 is 0. The van der Waals surface area contributed by atoms with Crippen LogP contribution >= 0.6 is 0 Å². The van der Waals surface area contributed by atoms with Crippen LogP contribution in [0.15, 0.2) is 97.2 Å². The fourth-order valence-electron chi connectivity index (χ4n) is 7.63. The molecule has 7 rings (SSSR count). The number of pyridine rings is 1. The third-order valence-corrected chi connectivity index (χ3v) is 10.5. The molecule has 7 aromatic rings. The van der Waals surface area contributed by atoms with Crippen LogP contribution in [0.1, 0.15) is 93.9 Å². The van der Waals surface area contributed by atoms with E-state index in [0.29, 0.717) is 17.8 Å². The normalized spacial score (nSPS) is 11.9. The first-order chi connectivity index (χ1) is 25.5. The molecule has 0 spiro atoms. The van der Waals surface area contributed by atoms with Gasteiger partial charge in [-0.15, -0.1) is 0 Å². The lowest BCUT2D eigenvalue weighted by molar-refractivity contribution is 0.481. The van der Waals surface area contributed by atoms with Gasteiger partial charge in [0.05, 0.1) is 28.1 Å². The maximum Gasteiger partial charge on any atom is 0.137 e. The summed E-state index contributed by atoms with van der Waals surface area (Å²) in [6, 6.07) is 32.5. The lowest BCUT2D eigenvalue weighted by atomic mass is 9.90. The van der Waals surface area contributed by atoms with Gasteiger partial charge in [0.25, 0.3) is 0 Å². The Morgan fingerprint density at radius 2 is 1.36 bits per heavy atom. The number of para-hydroxylation sites is 1. The van der Waals surface area contributed by atoms with E-state index in [9.17, 15) is 0 Å². The molecule has 4 aromatic carbocycles. The fourth-order valence-corrected chi connectivity index (χ4v) is 7.63. The zero-order valence-electron chi connectivity index (χ0n) is 33.0. The highest BCUT2D eigenvalue weighted by Gasteiger charge is 2.24. The van der Waals surface area contributed by atoms with Gasteiger partial charge in [-0.05, 0) is 134 Å². The molecule has 0 fully saturated rings. The summed E-state index contributed by atoms with van der Waals surface area (Å²) in [7, 11) is 0. The van der Waals surface area contributed by atoms with E-state index >= 15 is 0 Å². The minimum absolute atomic E-state index is 0.308. The number of benzene rings is 4. The Morgan fingerprint density at radius 3 is 2.08 bits per heavy atom. The molecule has 53 heavy (non-hydrogen) atoms. The second kappa shape index (κ2) is 15.1. The number of aryl methyl sites for hydroxylation is 4. The summed E-state index contributed by atoms with van der Waals surface area (Å²) in [6.45, 7) is 20.3. The monoisotopic (exact) mass is 702 g/mol. The average molecular weight is 703 g/mol. The van der Waals surface area contributed by atoms with Gasteiger partial charge in [-0.3, -0.25) is 4.57 Å². The van der Waals surface area contributed by atoms with E-state index in [1.807, 2.05) is 12.3 Å². The van der Waals surface area contributed by atoms with Crippen molar-refractivity contribution in [2.24, 2.45) is 11.8 Å². The number of hydrogen-bond donors (Lipinski definition) is 0. The Balaban J connectivity index is 1.38. The minimum atomic E-state index is 0.308. The van der Waals surface area contributed by atoms with Crippen molar-refractivity contribution < 1.29 is 4.74 Å². The molecule has 0 amide bonds. The first-order valence-electron chi connectivity index (χ1n) is 19.4. The van der Waals surface area contributed by atoms with Gasteiger partial charge in [0.1, 0.15) is 17.3 Å². The molecule has 272 valence electrons. The Bertz CT molecular complexity index is 2390. The van der Waals surface area contributed by atoms with E-state index in [-0.39, 0.29) is 0 Å². The first-order valence-corrected chi connectivity index (χ1v) is 19.4. The van der Waals surface area contributed by atoms with Gasteiger partial charge in [0.2, 0.25) is 0 Å². The fraction of sp³-hybridized carbons (Fsp3) is 0.333. The van der Waals surface area contributed by atoms with Crippen molar-refractivity contribution in [2.75, 3.05) is 0 Å². The van der Waals surface area contributed by atoms with Crippen LogP contribution in [-0.4, -0.2) is 19.3 Å². The number of rotatable bonds is 12. The molecule has 0 aliphatic rings. The summed E-state index contributed by atoms with van der Waals surface area (Å²) in [5, 5.41) is 7.88. The number of nitrogens with zero attached hydrogens (tertiary/aromatic N) is 4. The van der Waals surface area contributed by atoms with Crippen LogP contribution in [0.2, 0.25) is 0 Å². The SMILES string of the molecule is Cc1ccnc(-n2c3ccccc3c3ccc(Oc4cc(C(C)C)cc(-n5nc(CCC(C)C)c(-c6c(C)cccc6C)c5CCC(C)C)c4)cc32)c1. The van der Waals surface area contributed by atoms with Crippen molar-refractivity contribution >= 4 is 21.8 Å². The van der Waals surface area contributed by atoms with Crippen molar-refractivity contribution in [2.45, 2.75) is 93.9 Å². The molecular formula is C48H54N4O. The summed E-state index contributed by atoms with van der Waals surface area (Å²) in [4.78, 5) is 4.78. The predicted octanol–water partition coefficient (Wildman–Crippen LogP) is 13.0. The lowest BCUT2D eigenvalue weighted by Gasteiger charge is -2.17. The molecule has 0 bridgehead atoms. The quantitative estimate of drug-likeness (QED) is 0.127. The summed E-state index contributed by atoms with van der Waals surface area (Å²) < 4.78 is 11.4. The number of aromatic nitrogens is 4. The van der Waals surface area contributed by atoms with Crippen molar-refractivity contribution in [3.63, 3.8) is 0 Å². The van der Waals surface area contributed by atoms with Gasteiger partial charge in [-0.2, -0.15) is 5.10 Å². The van der Waals surface area contributed by atoms with Crippen molar-refractivity contribution in [1.29, 1.82) is 0 Å². The molecule has 0 aliphatic carbocycles. The zero-order chi connectivity index (χ0) is 37.4. The number of hydrogen-bond acceptors (Lipinski definition) is 3. The summed E-state index contributed by atoms with van der Waals surface area (Å²) in [5.74, 6) is 3.97. The van der Waals surface area contributed by atoms with Crippen LogP contribution in [0.5, 0.6) is 11.5 Å². The molecule has 0 atom stereocenters. The average Bonchev–Trinajstić information content (AvgIpc) is 3.64. The third-order valence-electron chi connectivity index (χ3n) is 10.5. The molecule has 5 heteroatoms. The van der Waals surface area contributed by atoms with Crippen LogP contribution in [0.4, 0.5) is 0 Å².